The Hall–Kier alpha value is -0.790. The van der Waals surface area contributed by atoms with E-state index in [0.717, 1.165) is 6.42 Å². The second-order valence-electron chi connectivity index (χ2n) is 6.28. The molecule has 16 heavy (non-hydrogen) atoms. The van der Waals surface area contributed by atoms with Crippen LogP contribution in [-0.2, 0) is 18.4 Å². The fourth-order valence-corrected chi connectivity index (χ4v) is 2.70. The summed E-state index contributed by atoms with van der Waals surface area (Å²) in [6.45, 7) is 12.6. The highest BCUT2D eigenvalue weighted by atomic mass is 15.1. The summed E-state index contributed by atoms with van der Waals surface area (Å²) < 4.78 is 2.48. The average molecular weight is 220 g/mol. The summed E-state index contributed by atoms with van der Waals surface area (Å²) in [7, 11) is 0. The zero-order chi connectivity index (χ0) is 11.9. The molecule has 1 aromatic rings. The molecule has 0 unspecified atom stereocenters. The van der Waals surface area contributed by atoms with Crippen LogP contribution in [0.1, 0.15) is 70.6 Å². The van der Waals surface area contributed by atoms with E-state index in [1.165, 1.54) is 36.6 Å². The van der Waals surface area contributed by atoms with Gasteiger partial charge in [0.25, 0.3) is 0 Å². The van der Waals surface area contributed by atoms with E-state index < -0.39 is 0 Å². The van der Waals surface area contributed by atoms with Crippen molar-refractivity contribution in [1.82, 2.24) is 9.55 Å². The van der Waals surface area contributed by atoms with Crippen molar-refractivity contribution in [3.05, 3.63) is 17.2 Å². The second kappa shape index (κ2) is 3.90. The van der Waals surface area contributed by atoms with Crippen LogP contribution in [0.2, 0.25) is 0 Å². The van der Waals surface area contributed by atoms with Crippen LogP contribution in [0.4, 0.5) is 0 Å². The minimum atomic E-state index is 0.211. The quantitative estimate of drug-likeness (QED) is 0.706. The molecule has 0 atom stereocenters. The Balaban J connectivity index is 2.58. The topological polar surface area (TPSA) is 17.8 Å². The number of hydrogen-bond acceptors (Lipinski definition) is 1. The molecule has 0 saturated carbocycles. The molecule has 2 heteroatoms. The third kappa shape index (κ3) is 1.90. The fourth-order valence-electron chi connectivity index (χ4n) is 2.70. The Labute approximate surface area is 99.1 Å². The lowest BCUT2D eigenvalue weighted by Crippen LogP contribution is -2.22. The lowest BCUT2D eigenvalue weighted by atomic mass is 9.87. The molecule has 0 spiro atoms. The molecule has 0 N–H and O–H groups in total. The van der Waals surface area contributed by atoms with Gasteiger partial charge in [-0.15, -0.1) is 0 Å². The van der Waals surface area contributed by atoms with Gasteiger partial charge in [-0.1, -0.05) is 34.6 Å². The normalized spacial score (nSPS) is 16.6. The van der Waals surface area contributed by atoms with E-state index >= 15 is 0 Å². The molecular formula is C14H24N2. The first-order valence-electron chi connectivity index (χ1n) is 6.51. The predicted octanol–water partition coefficient (Wildman–Crippen LogP) is 3.64. The van der Waals surface area contributed by atoms with Gasteiger partial charge in [0.15, 0.2) is 0 Å². The van der Waals surface area contributed by atoms with Crippen LogP contribution >= 0.6 is 0 Å². The zero-order valence-electron chi connectivity index (χ0n) is 11.3. The molecule has 2 rings (SSSR count). The van der Waals surface area contributed by atoms with Gasteiger partial charge in [-0.2, -0.15) is 0 Å². The highest BCUT2D eigenvalue weighted by Gasteiger charge is 2.28. The van der Waals surface area contributed by atoms with Crippen LogP contribution in [0.15, 0.2) is 0 Å². The summed E-state index contributed by atoms with van der Waals surface area (Å²) in [5.41, 5.74) is 3.00. The summed E-state index contributed by atoms with van der Waals surface area (Å²) in [5, 5.41) is 0. The van der Waals surface area contributed by atoms with Crippen molar-refractivity contribution in [2.24, 2.45) is 0 Å². The SMILES string of the molecule is CC(C)c1nc2n(c1C(C)(C)C)CCCC2. The maximum absolute atomic E-state index is 4.88. The highest BCUT2D eigenvalue weighted by molar-refractivity contribution is 5.27. The van der Waals surface area contributed by atoms with Gasteiger partial charge in [0.1, 0.15) is 5.82 Å². The van der Waals surface area contributed by atoms with E-state index in [1.807, 2.05) is 0 Å². The molecular weight excluding hydrogens is 196 g/mol. The molecule has 0 aromatic carbocycles. The molecule has 0 amide bonds. The molecule has 90 valence electrons. The molecule has 2 nitrogen and oxygen atoms in total. The molecule has 1 aliphatic rings. The fraction of sp³-hybridized carbons (Fsp3) is 0.786. The first-order valence-corrected chi connectivity index (χ1v) is 6.51. The summed E-state index contributed by atoms with van der Waals surface area (Å²) in [6.07, 6.45) is 3.78. The third-order valence-corrected chi connectivity index (χ3v) is 3.36. The highest BCUT2D eigenvalue weighted by Crippen LogP contribution is 2.33. The van der Waals surface area contributed by atoms with Crippen molar-refractivity contribution in [1.29, 1.82) is 0 Å². The van der Waals surface area contributed by atoms with Crippen LogP contribution in [-0.4, -0.2) is 9.55 Å². The van der Waals surface area contributed by atoms with Gasteiger partial charge < -0.3 is 4.57 Å². The molecule has 0 bridgehead atoms. The smallest absolute Gasteiger partial charge is 0.109 e. The number of aromatic nitrogens is 2. The van der Waals surface area contributed by atoms with Crippen LogP contribution in [0, 0.1) is 0 Å². The number of rotatable bonds is 1. The summed E-state index contributed by atoms with van der Waals surface area (Å²) in [5.74, 6) is 1.85. The van der Waals surface area contributed by atoms with Crippen molar-refractivity contribution in [3.63, 3.8) is 0 Å². The van der Waals surface area contributed by atoms with Gasteiger partial charge >= 0.3 is 0 Å². The number of aryl methyl sites for hydroxylation is 1. The molecule has 1 aliphatic heterocycles. The van der Waals surface area contributed by atoms with Crippen molar-refractivity contribution in [3.8, 4) is 0 Å². The number of fused-ring (bicyclic) bond motifs is 1. The van der Waals surface area contributed by atoms with Crippen molar-refractivity contribution >= 4 is 0 Å². The summed E-state index contributed by atoms with van der Waals surface area (Å²) in [6, 6.07) is 0. The Morgan fingerprint density at radius 1 is 1.19 bits per heavy atom. The second-order valence-corrected chi connectivity index (χ2v) is 6.28. The van der Waals surface area contributed by atoms with Crippen LogP contribution in [0.25, 0.3) is 0 Å². The van der Waals surface area contributed by atoms with Crippen LogP contribution < -0.4 is 0 Å². The summed E-state index contributed by atoms with van der Waals surface area (Å²) >= 11 is 0. The van der Waals surface area contributed by atoms with Gasteiger partial charge in [0, 0.05) is 24.1 Å². The van der Waals surface area contributed by atoms with Gasteiger partial charge in [-0.3, -0.25) is 0 Å². The Kier molecular flexibility index (Phi) is 2.85. The standard InChI is InChI=1S/C14H24N2/c1-10(2)12-13(14(3,4)5)16-9-7-6-8-11(16)15-12/h10H,6-9H2,1-5H3. The van der Waals surface area contributed by atoms with E-state index in [1.54, 1.807) is 0 Å². The first-order chi connectivity index (χ1) is 7.41. The minimum absolute atomic E-state index is 0.211. The first kappa shape index (κ1) is 11.7. The maximum Gasteiger partial charge on any atom is 0.109 e. The monoisotopic (exact) mass is 220 g/mol. The zero-order valence-corrected chi connectivity index (χ0v) is 11.3. The Morgan fingerprint density at radius 2 is 1.88 bits per heavy atom. The Morgan fingerprint density at radius 3 is 2.44 bits per heavy atom. The van der Waals surface area contributed by atoms with Crippen LogP contribution in [0.3, 0.4) is 0 Å². The van der Waals surface area contributed by atoms with Gasteiger partial charge in [-0.05, 0) is 18.8 Å². The van der Waals surface area contributed by atoms with E-state index in [0.29, 0.717) is 5.92 Å². The lowest BCUT2D eigenvalue weighted by Gasteiger charge is -2.26. The van der Waals surface area contributed by atoms with E-state index in [-0.39, 0.29) is 5.41 Å². The molecule has 0 fully saturated rings. The molecule has 0 radical (unpaired) electrons. The van der Waals surface area contributed by atoms with Gasteiger partial charge in [-0.25, -0.2) is 4.98 Å². The third-order valence-electron chi connectivity index (χ3n) is 3.36. The summed E-state index contributed by atoms with van der Waals surface area (Å²) in [4.78, 5) is 4.88. The molecule has 0 aliphatic carbocycles. The Bertz CT molecular complexity index is 380. The maximum atomic E-state index is 4.88. The van der Waals surface area contributed by atoms with E-state index in [2.05, 4.69) is 39.2 Å². The predicted molar refractivity (Wildman–Crippen MR) is 68.0 cm³/mol. The van der Waals surface area contributed by atoms with Gasteiger partial charge in [0.2, 0.25) is 0 Å². The van der Waals surface area contributed by atoms with E-state index in [4.69, 9.17) is 4.98 Å². The molecule has 0 saturated heterocycles. The number of nitrogens with zero attached hydrogens (tertiary/aromatic N) is 2. The lowest BCUT2D eigenvalue weighted by molar-refractivity contribution is 0.457. The van der Waals surface area contributed by atoms with Crippen molar-refractivity contribution in [2.45, 2.75) is 71.8 Å². The molecule has 2 heterocycles. The van der Waals surface area contributed by atoms with E-state index in [9.17, 15) is 0 Å². The number of hydrogen-bond donors (Lipinski definition) is 0. The van der Waals surface area contributed by atoms with Crippen LogP contribution in [0.5, 0.6) is 0 Å². The largest absolute Gasteiger partial charge is 0.331 e. The van der Waals surface area contributed by atoms with Gasteiger partial charge in [0.05, 0.1) is 5.69 Å². The minimum Gasteiger partial charge on any atom is -0.331 e. The van der Waals surface area contributed by atoms with Crippen molar-refractivity contribution in [2.75, 3.05) is 0 Å². The molecule has 1 aromatic heterocycles. The van der Waals surface area contributed by atoms with Crippen molar-refractivity contribution < 1.29 is 0 Å². The average Bonchev–Trinajstić information content (AvgIpc) is 2.55. The number of imidazole rings is 1.